The van der Waals surface area contributed by atoms with Crippen LogP contribution in [0.2, 0.25) is 0 Å². The minimum Gasteiger partial charge on any atom is -0.397 e. The number of hydrogen-bond donors (Lipinski definition) is 4. The molecule has 3 aromatic heterocycles. The first kappa shape index (κ1) is 91.2. The van der Waals surface area contributed by atoms with Crippen LogP contribution in [0.5, 0.6) is 0 Å². The van der Waals surface area contributed by atoms with E-state index in [-0.39, 0.29) is 0 Å². The maximum Gasteiger partial charge on any atom is 0.227 e. The molecule has 0 aliphatic carbocycles. The van der Waals surface area contributed by atoms with Crippen LogP contribution in [0.15, 0.2) is 456 Å². The molecule has 0 atom stereocenters. The SMILES string of the molecule is Cc1cc(N(C)CCN(C)C)c(N)cc1Nc1ncc(-c2cnn(C)c2C)c(-c2cn3c4c(cccc24)CCC3)n1.N/N=N/N=N/N=N/N=N/N=N/N=N/N=N/N=N/N=N/N=N/N=N/N=N/N=N/N=N/N=N/N=N/N=N/N=N/N=N/N=N/N=N/N=N/N=N/N=N/N=N/N=N/N=N/N=N/N=N/N=N/N=N/N=N/N=N/N=N/N=N/N=N/N=N/N=N/N=N/N. The maximum atomic E-state index is 6.54. The summed E-state index contributed by atoms with van der Waals surface area (Å²) in [5, 5.41) is 242. The van der Waals surface area contributed by atoms with Gasteiger partial charge < -0.3 is 37.1 Å². The standard InChI is InChI=1S/C32H39N9.H4N80/c1-20-15-29(39(5)14-13-38(3)4)27(33)16-28(20)36-32-34-17-25(24-18-35-40(6)21(24)2)30(37-32)26-19-41-12-8-10-22-9-7-11-23(26)31(22)41;1-3-5-7-9-11-13-15-17-19-21-23-25-27-29-31-33-35-37-39-41-43-45-47-49-51-53-55-57-59-61-63-65-67-69-71-73-75-77-79-80-78-76-74-72-70-68-66-64-62-60-58-56-54-52-50-48-46-44-42-40-38-36-34-32-30-28-26-24-22-20-18-16-14-12-10-8-6-4-2/h7,9,11,15-19H,8,10,12-14,33H2,1-6H3,(H,34,36,37);(H2,1,4,5,8,9,12,13,16,17,20,21,24,25,28,29,32,33,36,37,40,41,44,45,48,49,52,53,56,57,60,61,64,65,68,69,72,73,76,77,80)(H2,2,3,6,7,10,11,14,15,18,19,22,23,26,27,30,31,34,35,38,39,42,43,46,47,50,51,54,55,58,59,62,63,66,67,70,71,74,75,78,79). The van der Waals surface area contributed by atoms with Crippen LogP contribution in [-0.2, 0) is 20.0 Å². The second kappa shape index (κ2) is 61.4. The van der Waals surface area contributed by atoms with E-state index in [1.54, 1.807) is 0 Å². The van der Waals surface area contributed by atoms with Crippen LogP contribution in [0.4, 0.5) is 23.0 Å². The Kier molecular flexibility index (Phi) is 46.3. The van der Waals surface area contributed by atoms with Crippen molar-refractivity contribution in [2.24, 2.45) is 426 Å². The van der Waals surface area contributed by atoms with E-state index in [9.17, 15) is 0 Å². The molecule has 6 rings (SSSR count). The van der Waals surface area contributed by atoms with Crippen LogP contribution < -0.4 is 27.6 Å². The molecular weight excluding hydrogens is 1630 g/mol. The number of likely N-dealkylation sites (N-methyl/N-ethyl adjacent to an activating group) is 2. The molecule has 0 spiro atoms. The first-order chi connectivity index (χ1) is 59.6. The highest BCUT2D eigenvalue weighted by Crippen LogP contribution is 2.40. The van der Waals surface area contributed by atoms with E-state index in [4.69, 9.17) is 15.7 Å². The molecule has 89 heteroatoms. The van der Waals surface area contributed by atoms with Gasteiger partial charge in [0.2, 0.25) is 5.95 Å². The Bertz CT molecular complexity index is 5060. The quantitative estimate of drug-likeness (QED) is 0.0124. The number of para-hydroxylation sites is 1. The topological polar surface area (TPSA) is 1110 Å². The summed E-state index contributed by atoms with van der Waals surface area (Å²) in [6.07, 6.45) is 8.34. The summed E-state index contributed by atoms with van der Waals surface area (Å²) in [6, 6.07) is 10.7. The highest BCUT2D eigenvalue weighted by Gasteiger charge is 2.23. The Morgan fingerprint density at radius 2 is 0.686 bits per heavy atom. The van der Waals surface area contributed by atoms with Crippen molar-refractivity contribution in [3.63, 3.8) is 0 Å². The van der Waals surface area contributed by atoms with Crippen LogP contribution in [0.3, 0.4) is 0 Å². The van der Waals surface area contributed by atoms with E-state index in [0.29, 0.717) is 5.95 Å². The summed E-state index contributed by atoms with van der Waals surface area (Å²) in [6.45, 7) is 7.02. The molecule has 5 aromatic rings. The molecular formula is C32H43N89. The van der Waals surface area contributed by atoms with E-state index in [1.807, 2.05) is 30.2 Å². The van der Waals surface area contributed by atoms with Gasteiger partial charge in [0.15, 0.2) is 0 Å². The van der Waals surface area contributed by atoms with Crippen molar-refractivity contribution < 1.29 is 0 Å². The Morgan fingerprint density at radius 1 is 0.380 bits per heavy atom. The largest absolute Gasteiger partial charge is 0.397 e. The van der Waals surface area contributed by atoms with Gasteiger partial charge in [-0.3, -0.25) is 4.68 Å². The molecule has 0 saturated carbocycles. The van der Waals surface area contributed by atoms with Gasteiger partial charge in [-0.15, -0.1) is 0 Å². The van der Waals surface area contributed by atoms with Crippen LogP contribution in [0, 0.1) is 13.8 Å². The van der Waals surface area contributed by atoms with Gasteiger partial charge in [-0.1, -0.05) is 28.6 Å². The number of nitrogens with one attached hydrogen (secondary N) is 1. The maximum absolute atomic E-state index is 6.54. The van der Waals surface area contributed by atoms with Crippen molar-refractivity contribution in [3.05, 3.63) is 65.7 Å². The molecule has 4 heterocycles. The molecule has 0 saturated heterocycles. The highest BCUT2D eigenvalue weighted by molar-refractivity contribution is 6.00. The monoisotopic (exact) mass is 1670 g/mol. The van der Waals surface area contributed by atoms with E-state index in [0.717, 1.165) is 83.2 Å². The lowest BCUT2D eigenvalue weighted by molar-refractivity contribution is 0.416. The van der Waals surface area contributed by atoms with Crippen LogP contribution in [-0.4, -0.2) is 63.4 Å². The number of hydrogen-bond acceptors (Lipinski definition) is 9. The molecule has 2 aromatic carbocycles. The van der Waals surface area contributed by atoms with E-state index in [1.165, 1.54) is 16.5 Å². The number of nitrogens with zero attached hydrogens (tertiary/aromatic N) is 85. The molecule has 0 bridgehead atoms. The zero-order chi connectivity index (χ0) is 86.0. The molecule has 89 nitrogen and oxygen atoms in total. The minimum absolute atomic E-state index is 0.536. The average Bonchev–Trinajstić information content (AvgIpc) is 1.60. The molecule has 121 heavy (non-hydrogen) atoms. The van der Waals surface area contributed by atoms with Crippen LogP contribution in [0.1, 0.15) is 23.2 Å². The minimum atomic E-state index is 0.536. The number of aromatic nitrogens is 5. The van der Waals surface area contributed by atoms with E-state index >= 15 is 0 Å². The first-order valence-corrected chi connectivity index (χ1v) is 30.1. The molecule has 7 N–H and O–H groups in total. The Balaban J connectivity index is 0.000000521. The predicted octanol–water partition coefficient (Wildman–Crippen LogP) is 18.5. The zero-order valence-electron chi connectivity index (χ0n) is 60.9. The molecule has 0 fully saturated rings. The van der Waals surface area contributed by atoms with Crippen LogP contribution in [0.25, 0.3) is 33.3 Å². The highest BCUT2D eigenvalue weighted by atomic mass is 15.8. The van der Waals surface area contributed by atoms with Gasteiger partial charge in [0, 0.05) is 403 Å². The Labute approximate surface area is 659 Å². The second-order valence-electron chi connectivity index (χ2n) is 18.5. The van der Waals surface area contributed by atoms with Gasteiger partial charge in [0.25, 0.3) is 0 Å². The summed E-state index contributed by atoms with van der Waals surface area (Å²) < 4.78 is 4.28. The van der Waals surface area contributed by atoms with Crippen LogP contribution >= 0.6 is 0 Å². The fraction of sp³-hybridized carbons (Fsp3) is 0.344. The predicted molar refractivity (Wildman–Crippen MR) is 367 cm³/mol. The van der Waals surface area contributed by atoms with Gasteiger partial charge >= 0.3 is 0 Å². The van der Waals surface area contributed by atoms with Crippen molar-refractivity contribution >= 4 is 33.9 Å². The van der Waals surface area contributed by atoms with Gasteiger partial charge in [0.1, 0.15) is 0 Å². The van der Waals surface area contributed by atoms with Crippen molar-refractivity contribution in [2.75, 3.05) is 50.2 Å². The summed E-state index contributed by atoms with van der Waals surface area (Å²) in [7, 11) is 8.20. The van der Waals surface area contributed by atoms with E-state index in [2.05, 4.69) is 509 Å². The van der Waals surface area contributed by atoms with E-state index < -0.39 is 0 Å². The van der Waals surface area contributed by atoms with Gasteiger partial charge in [0.05, 0.1) is 28.8 Å². The fourth-order valence-electron chi connectivity index (χ4n) is 7.19. The smallest absolute Gasteiger partial charge is 0.227 e. The fourth-order valence-corrected chi connectivity index (χ4v) is 7.19. The molecule has 0 amide bonds. The normalized spacial score (nSPS) is 14.7. The lowest BCUT2D eigenvalue weighted by Crippen LogP contribution is -2.29. The molecule has 616 valence electrons. The molecule has 0 radical (unpaired) electrons. The number of nitrogen functional groups attached to an aromatic ring is 1. The third kappa shape index (κ3) is 41.3. The zero-order valence-corrected chi connectivity index (χ0v) is 60.9. The van der Waals surface area contributed by atoms with Crippen molar-refractivity contribution in [1.29, 1.82) is 0 Å². The third-order valence-electron chi connectivity index (χ3n) is 11.4. The third-order valence-corrected chi connectivity index (χ3v) is 11.4. The first-order valence-electron chi connectivity index (χ1n) is 30.1. The van der Waals surface area contributed by atoms with Gasteiger partial charge in [-0.2, -0.15) is 5.10 Å². The lowest BCUT2D eigenvalue weighted by atomic mass is 9.98. The van der Waals surface area contributed by atoms with Crippen molar-refractivity contribution in [2.45, 2.75) is 33.2 Å². The van der Waals surface area contributed by atoms with Crippen molar-refractivity contribution in [1.82, 2.24) is 29.2 Å². The number of nitrogens with two attached hydrogens (primary N) is 3. The van der Waals surface area contributed by atoms with Crippen molar-refractivity contribution in [3.8, 4) is 22.4 Å². The number of aryl methyl sites for hydroxylation is 4. The van der Waals surface area contributed by atoms with Gasteiger partial charge in [-0.25, -0.2) is 9.97 Å². The van der Waals surface area contributed by atoms with Gasteiger partial charge in [-0.05, 0) is 137 Å². The second-order valence-corrected chi connectivity index (χ2v) is 18.5. The summed E-state index contributed by atoms with van der Waals surface area (Å²) >= 11 is 0. The lowest BCUT2D eigenvalue weighted by Gasteiger charge is -2.24. The average molecular weight is 1670 g/mol. The number of anilines is 4. The summed E-state index contributed by atoms with van der Waals surface area (Å²) in [5.74, 6) is 9.80. The molecule has 1 aliphatic heterocycles. The molecule has 1 aliphatic rings. The summed E-state index contributed by atoms with van der Waals surface area (Å²) in [4.78, 5) is 14.3. The number of benzene rings is 2. The molecule has 0 unspecified atom stereocenters. The Hall–Kier alpha value is -20.4. The summed E-state index contributed by atoms with van der Waals surface area (Å²) in [5.41, 5.74) is 18.1. The Morgan fingerprint density at radius 3 is 0.967 bits per heavy atom. The number of rotatable bonds is 46.